The molecule has 4 nitrogen and oxygen atoms in total. The number of benzene rings is 2. The molecular formula is C18H18BrNO3. The van der Waals surface area contributed by atoms with Crippen LogP contribution in [-0.4, -0.2) is 26.2 Å². The molecule has 1 aliphatic rings. The van der Waals surface area contributed by atoms with Crippen LogP contribution in [0.4, 0.5) is 5.69 Å². The first-order valence-corrected chi connectivity index (χ1v) is 8.18. The van der Waals surface area contributed by atoms with Crippen LogP contribution in [0, 0.1) is 0 Å². The summed E-state index contributed by atoms with van der Waals surface area (Å²) in [6, 6.07) is 11.4. The summed E-state index contributed by atoms with van der Waals surface area (Å²) in [6.07, 6.45) is 0.849. The predicted octanol–water partition coefficient (Wildman–Crippen LogP) is 4.06. The Morgan fingerprint density at radius 2 is 1.78 bits per heavy atom. The van der Waals surface area contributed by atoms with Gasteiger partial charge < -0.3 is 14.4 Å². The van der Waals surface area contributed by atoms with Crippen molar-refractivity contribution in [3.8, 4) is 11.5 Å². The molecule has 1 aliphatic heterocycles. The lowest BCUT2D eigenvalue weighted by atomic mass is 10.1. The number of anilines is 1. The molecule has 0 saturated heterocycles. The second-order valence-corrected chi connectivity index (χ2v) is 6.52. The monoisotopic (exact) mass is 375 g/mol. The van der Waals surface area contributed by atoms with E-state index in [9.17, 15) is 4.79 Å². The van der Waals surface area contributed by atoms with E-state index in [2.05, 4.69) is 28.9 Å². The number of carbonyl (C=O) groups is 1. The van der Waals surface area contributed by atoms with E-state index >= 15 is 0 Å². The Hall–Kier alpha value is -2.01. The van der Waals surface area contributed by atoms with E-state index in [1.807, 2.05) is 17.0 Å². The first kappa shape index (κ1) is 15.9. The van der Waals surface area contributed by atoms with Gasteiger partial charge in [0, 0.05) is 27.8 Å². The van der Waals surface area contributed by atoms with Crippen molar-refractivity contribution in [2.75, 3.05) is 19.1 Å². The van der Waals surface area contributed by atoms with Gasteiger partial charge in [-0.15, -0.1) is 0 Å². The number of methoxy groups -OCH3 is 2. The molecule has 5 heteroatoms. The zero-order chi connectivity index (χ0) is 16.6. The third-order valence-corrected chi connectivity index (χ3v) is 4.57. The van der Waals surface area contributed by atoms with Crippen LogP contribution in [0.25, 0.3) is 0 Å². The Bertz CT molecular complexity index is 738. The molecule has 0 aromatic heterocycles. The summed E-state index contributed by atoms with van der Waals surface area (Å²) in [5.41, 5.74) is 2.70. The number of halogens is 1. The molecule has 0 spiro atoms. The van der Waals surface area contributed by atoms with Crippen LogP contribution in [0.15, 0.2) is 40.9 Å². The van der Waals surface area contributed by atoms with Crippen LogP contribution in [-0.2, 0) is 6.42 Å². The molecule has 0 fully saturated rings. The molecule has 0 bridgehead atoms. The average Bonchev–Trinajstić information content (AvgIpc) is 2.88. The minimum absolute atomic E-state index is 0.0456. The highest BCUT2D eigenvalue weighted by atomic mass is 79.9. The Balaban J connectivity index is 2.01. The molecule has 3 rings (SSSR count). The molecule has 120 valence electrons. The van der Waals surface area contributed by atoms with Gasteiger partial charge in [0.15, 0.2) is 0 Å². The van der Waals surface area contributed by atoms with E-state index in [-0.39, 0.29) is 11.9 Å². The SMILES string of the molecule is COc1cc(OC)cc(C(=O)N2c3ccc(Br)cc3CC2C)c1. The predicted molar refractivity (Wildman–Crippen MR) is 93.7 cm³/mol. The lowest BCUT2D eigenvalue weighted by Gasteiger charge is -2.23. The number of hydrogen-bond donors (Lipinski definition) is 0. The minimum Gasteiger partial charge on any atom is -0.497 e. The first-order valence-electron chi connectivity index (χ1n) is 7.38. The van der Waals surface area contributed by atoms with Crippen molar-refractivity contribution in [2.45, 2.75) is 19.4 Å². The van der Waals surface area contributed by atoms with Crippen LogP contribution in [0.5, 0.6) is 11.5 Å². The number of rotatable bonds is 3. The molecule has 0 saturated carbocycles. The van der Waals surface area contributed by atoms with E-state index in [4.69, 9.17) is 9.47 Å². The van der Waals surface area contributed by atoms with E-state index in [0.717, 1.165) is 16.6 Å². The second kappa shape index (κ2) is 6.24. The number of nitrogens with zero attached hydrogens (tertiary/aromatic N) is 1. The highest BCUT2D eigenvalue weighted by Gasteiger charge is 2.32. The van der Waals surface area contributed by atoms with Crippen molar-refractivity contribution in [3.05, 3.63) is 52.0 Å². The van der Waals surface area contributed by atoms with Gasteiger partial charge in [-0.1, -0.05) is 15.9 Å². The minimum atomic E-state index is -0.0456. The van der Waals surface area contributed by atoms with Crippen LogP contribution in [0.3, 0.4) is 0 Å². The van der Waals surface area contributed by atoms with E-state index < -0.39 is 0 Å². The smallest absolute Gasteiger partial charge is 0.258 e. The molecule has 0 radical (unpaired) electrons. The van der Waals surface area contributed by atoms with Crippen LogP contribution >= 0.6 is 15.9 Å². The molecule has 0 N–H and O–H groups in total. The lowest BCUT2D eigenvalue weighted by molar-refractivity contribution is 0.0981. The normalized spacial score (nSPS) is 16.2. The zero-order valence-corrected chi connectivity index (χ0v) is 14.9. The molecule has 0 aliphatic carbocycles. The molecule has 2 aromatic carbocycles. The fourth-order valence-corrected chi connectivity index (χ4v) is 3.39. The third kappa shape index (κ3) is 2.93. The molecular weight excluding hydrogens is 358 g/mol. The maximum Gasteiger partial charge on any atom is 0.258 e. The van der Waals surface area contributed by atoms with E-state index in [1.165, 1.54) is 5.56 Å². The molecule has 23 heavy (non-hydrogen) atoms. The highest BCUT2D eigenvalue weighted by molar-refractivity contribution is 9.10. The average molecular weight is 376 g/mol. The van der Waals surface area contributed by atoms with Gasteiger partial charge in [-0.2, -0.15) is 0 Å². The third-order valence-electron chi connectivity index (χ3n) is 4.07. The Kier molecular flexibility index (Phi) is 4.31. The lowest BCUT2D eigenvalue weighted by Crippen LogP contribution is -2.35. The molecule has 2 aromatic rings. The van der Waals surface area contributed by atoms with Crippen LogP contribution in [0.1, 0.15) is 22.8 Å². The number of hydrogen-bond acceptors (Lipinski definition) is 3. The quantitative estimate of drug-likeness (QED) is 0.811. The molecule has 1 atom stereocenters. The molecule has 1 unspecified atom stereocenters. The van der Waals surface area contributed by atoms with Crippen molar-refractivity contribution >= 4 is 27.5 Å². The van der Waals surface area contributed by atoms with Gasteiger partial charge in [0.05, 0.1) is 14.2 Å². The highest BCUT2D eigenvalue weighted by Crippen LogP contribution is 2.36. The summed E-state index contributed by atoms with van der Waals surface area (Å²) >= 11 is 3.49. The summed E-state index contributed by atoms with van der Waals surface area (Å²) in [5.74, 6) is 1.17. The van der Waals surface area contributed by atoms with Crippen LogP contribution in [0.2, 0.25) is 0 Å². The van der Waals surface area contributed by atoms with Crippen molar-refractivity contribution < 1.29 is 14.3 Å². The van der Waals surface area contributed by atoms with Gasteiger partial charge in [0.2, 0.25) is 0 Å². The van der Waals surface area contributed by atoms with Gasteiger partial charge in [-0.05, 0) is 49.2 Å². The van der Waals surface area contributed by atoms with Crippen molar-refractivity contribution in [3.63, 3.8) is 0 Å². The van der Waals surface area contributed by atoms with E-state index in [0.29, 0.717) is 17.1 Å². The van der Waals surface area contributed by atoms with Gasteiger partial charge >= 0.3 is 0 Å². The van der Waals surface area contributed by atoms with Gasteiger partial charge in [-0.3, -0.25) is 4.79 Å². The summed E-state index contributed by atoms with van der Waals surface area (Å²) in [7, 11) is 3.16. The Morgan fingerprint density at radius 1 is 1.13 bits per heavy atom. The number of ether oxygens (including phenoxy) is 2. The standard InChI is InChI=1S/C18H18BrNO3/c1-11-6-12-7-14(19)4-5-17(12)20(11)18(21)13-8-15(22-2)10-16(9-13)23-3/h4-5,7-11H,6H2,1-3H3. The number of fused-ring (bicyclic) bond motifs is 1. The zero-order valence-electron chi connectivity index (χ0n) is 13.3. The Morgan fingerprint density at radius 3 is 2.39 bits per heavy atom. The number of amides is 1. The van der Waals surface area contributed by atoms with Crippen molar-refractivity contribution in [1.29, 1.82) is 0 Å². The number of carbonyl (C=O) groups excluding carboxylic acids is 1. The van der Waals surface area contributed by atoms with Crippen LogP contribution < -0.4 is 14.4 Å². The summed E-state index contributed by atoms with van der Waals surface area (Å²) in [6.45, 7) is 2.06. The summed E-state index contributed by atoms with van der Waals surface area (Å²) in [4.78, 5) is 14.9. The fraction of sp³-hybridized carbons (Fsp3) is 0.278. The first-order chi connectivity index (χ1) is 11.0. The van der Waals surface area contributed by atoms with Crippen molar-refractivity contribution in [2.24, 2.45) is 0 Å². The Labute approximate surface area is 144 Å². The molecule has 1 heterocycles. The van der Waals surface area contributed by atoms with Gasteiger partial charge in [-0.25, -0.2) is 0 Å². The summed E-state index contributed by atoms with van der Waals surface area (Å²) in [5, 5.41) is 0. The maximum absolute atomic E-state index is 13.0. The van der Waals surface area contributed by atoms with E-state index in [1.54, 1.807) is 32.4 Å². The topological polar surface area (TPSA) is 38.8 Å². The second-order valence-electron chi connectivity index (χ2n) is 5.60. The molecule has 1 amide bonds. The maximum atomic E-state index is 13.0. The van der Waals surface area contributed by atoms with Gasteiger partial charge in [0.1, 0.15) is 11.5 Å². The largest absolute Gasteiger partial charge is 0.497 e. The fourth-order valence-electron chi connectivity index (χ4n) is 2.98. The van der Waals surface area contributed by atoms with Gasteiger partial charge in [0.25, 0.3) is 5.91 Å². The van der Waals surface area contributed by atoms with Crippen molar-refractivity contribution in [1.82, 2.24) is 0 Å². The summed E-state index contributed by atoms with van der Waals surface area (Å²) < 4.78 is 11.6.